The molecule has 1 aromatic rings. The van der Waals surface area contributed by atoms with Gasteiger partial charge >= 0.3 is 0 Å². The van der Waals surface area contributed by atoms with Crippen LogP contribution in [-0.4, -0.2) is 92.8 Å². The van der Waals surface area contributed by atoms with Crippen molar-refractivity contribution in [3.63, 3.8) is 0 Å². The number of carbonyl (C=O) groups is 1. The Morgan fingerprint density at radius 3 is 2.32 bits per heavy atom. The van der Waals surface area contributed by atoms with Crippen LogP contribution in [0.1, 0.15) is 5.56 Å². The number of morpholine rings is 1. The number of hydrogen-bond donors (Lipinski definition) is 0. The highest BCUT2D eigenvalue weighted by molar-refractivity contribution is 5.78. The Kier molecular flexibility index (Phi) is 6.67. The molecule has 2 fully saturated rings. The van der Waals surface area contributed by atoms with Gasteiger partial charge in [-0.1, -0.05) is 17.7 Å². The van der Waals surface area contributed by atoms with E-state index in [1.807, 2.05) is 17.0 Å². The molecule has 0 aliphatic carbocycles. The van der Waals surface area contributed by atoms with Crippen molar-refractivity contribution in [1.82, 2.24) is 14.7 Å². The first-order valence-corrected chi connectivity index (χ1v) is 9.20. The fraction of sp³-hybridized carbons (Fsp3) is 0.632. The van der Waals surface area contributed by atoms with Crippen molar-refractivity contribution in [2.24, 2.45) is 0 Å². The third-order valence-electron chi connectivity index (χ3n) is 4.88. The van der Waals surface area contributed by atoms with E-state index in [-0.39, 0.29) is 5.91 Å². The molecule has 0 spiro atoms. The predicted molar refractivity (Wildman–Crippen MR) is 97.0 cm³/mol. The zero-order valence-corrected chi connectivity index (χ0v) is 15.2. The Labute approximate surface area is 150 Å². The summed E-state index contributed by atoms with van der Waals surface area (Å²) in [6, 6.07) is 8.17. The van der Waals surface area contributed by atoms with E-state index in [2.05, 4.69) is 28.9 Å². The third kappa shape index (κ3) is 5.70. The van der Waals surface area contributed by atoms with Crippen LogP contribution in [0.25, 0.3) is 0 Å². The van der Waals surface area contributed by atoms with Crippen molar-refractivity contribution in [1.29, 1.82) is 0 Å². The van der Waals surface area contributed by atoms with Gasteiger partial charge in [0, 0.05) is 45.8 Å². The molecule has 0 N–H and O–H groups in total. The predicted octanol–water partition coefficient (Wildman–Crippen LogP) is 0.850. The molecule has 2 aliphatic rings. The van der Waals surface area contributed by atoms with E-state index in [4.69, 9.17) is 9.47 Å². The lowest BCUT2D eigenvalue weighted by molar-refractivity contribution is -0.136. The summed E-state index contributed by atoms with van der Waals surface area (Å²) >= 11 is 0. The molecule has 1 amide bonds. The average molecular weight is 347 g/mol. The van der Waals surface area contributed by atoms with Crippen LogP contribution in [0.2, 0.25) is 0 Å². The zero-order valence-electron chi connectivity index (χ0n) is 15.2. The maximum atomic E-state index is 12.3. The molecule has 2 heterocycles. The van der Waals surface area contributed by atoms with E-state index in [0.717, 1.165) is 51.6 Å². The van der Waals surface area contributed by atoms with Crippen molar-refractivity contribution < 1.29 is 14.3 Å². The maximum Gasteiger partial charge on any atom is 0.236 e. The fourth-order valence-electron chi connectivity index (χ4n) is 3.20. The molecule has 3 rings (SSSR count). The topological polar surface area (TPSA) is 45.2 Å². The quantitative estimate of drug-likeness (QED) is 0.763. The SMILES string of the molecule is Cc1ccc(OCCN2CCN(CC(=O)N3CCOCC3)CC2)cc1. The van der Waals surface area contributed by atoms with Crippen LogP contribution in [0, 0.1) is 6.92 Å². The Balaban J connectivity index is 1.31. The molecule has 0 saturated carbocycles. The number of hydrogen-bond acceptors (Lipinski definition) is 5. The Morgan fingerprint density at radius 1 is 1.00 bits per heavy atom. The van der Waals surface area contributed by atoms with Crippen LogP contribution in [0.4, 0.5) is 0 Å². The van der Waals surface area contributed by atoms with E-state index in [9.17, 15) is 4.79 Å². The molecule has 25 heavy (non-hydrogen) atoms. The summed E-state index contributed by atoms with van der Waals surface area (Å²) in [6.45, 7) is 10.9. The number of amides is 1. The number of aryl methyl sites for hydroxylation is 1. The molecule has 0 unspecified atom stereocenters. The Bertz CT molecular complexity index is 535. The van der Waals surface area contributed by atoms with E-state index in [0.29, 0.717) is 26.4 Å². The maximum absolute atomic E-state index is 12.3. The van der Waals surface area contributed by atoms with Crippen LogP contribution in [0.3, 0.4) is 0 Å². The minimum absolute atomic E-state index is 0.236. The first-order chi connectivity index (χ1) is 12.2. The van der Waals surface area contributed by atoms with Gasteiger partial charge in [0.1, 0.15) is 12.4 Å². The van der Waals surface area contributed by atoms with Crippen molar-refractivity contribution in [2.45, 2.75) is 6.92 Å². The number of piperazine rings is 1. The molecule has 0 atom stereocenters. The second-order valence-corrected chi connectivity index (χ2v) is 6.77. The van der Waals surface area contributed by atoms with Gasteiger partial charge in [0.15, 0.2) is 0 Å². The standard InChI is InChI=1S/C19H29N3O3/c1-17-2-4-18(5-3-17)25-15-10-20-6-8-21(9-7-20)16-19(23)22-11-13-24-14-12-22/h2-5H,6-16H2,1H3. The normalized spacial score (nSPS) is 19.8. The molecule has 0 radical (unpaired) electrons. The summed E-state index contributed by atoms with van der Waals surface area (Å²) in [5, 5.41) is 0. The van der Waals surface area contributed by atoms with Gasteiger partial charge in [-0.05, 0) is 19.1 Å². The van der Waals surface area contributed by atoms with E-state index in [1.54, 1.807) is 0 Å². The molecule has 2 aliphatic heterocycles. The van der Waals surface area contributed by atoms with Crippen molar-refractivity contribution in [3.8, 4) is 5.75 Å². The number of benzene rings is 1. The first-order valence-electron chi connectivity index (χ1n) is 9.20. The lowest BCUT2D eigenvalue weighted by Crippen LogP contribution is -2.52. The van der Waals surface area contributed by atoms with Gasteiger partial charge in [0.05, 0.1) is 19.8 Å². The van der Waals surface area contributed by atoms with Gasteiger partial charge in [0.2, 0.25) is 5.91 Å². The highest BCUT2D eigenvalue weighted by Gasteiger charge is 2.22. The summed E-state index contributed by atoms with van der Waals surface area (Å²) in [5.74, 6) is 1.17. The van der Waals surface area contributed by atoms with Gasteiger partial charge < -0.3 is 14.4 Å². The van der Waals surface area contributed by atoms with Crippen LogP contribution in [-0.2, 0) is 9.53 Å². The van der Waals surface area contributed by atoms with Gasteiger partial charge in [-0.3, -0.25) is 14.6 Å². The molecule has 0 aromatic heterocycles. The molecular formula is C19H29N3O3. The van der Waals surface area contributed by atoms with Gasteiger partial charge in [0.25, 0.3) is 0 Å². The molecule has 138 valence electrons. The summed E-state index contributed by atoms with van der Waals surface area (Å²) < 4.78 is 11.1. The Hall–Kier alpha value is -1.63. The lowest BCUT2D eigenvalue weighted by Gasteiger charge is -2.35. The van der Waals surface area contributed by atoms with Gasteiger partial charge in [-0.15, -0.1) is 0 Å². The van der Waals surface area contributed by atoms with E-state index < -0.39 is 0 Å². The first kappa shape index (κ1) is 18.2. The van der Waals surface area contributed by atoms with E-state index >= 15 is 0 Å². The van der Waals surface area contributed by atoms with Crippen molar-refractivity contribution >= 4 is 5.91 Å². The summed E-state index contributed by atoms with van der Waals surface area (Å²) in [4.78, 5) is 18.9. The number of ether oxygens (including phenoxy) is 2. The van der Waals surface area contributed by atoms with Crippen molar-refractivity contribution in [3.05, 3.63) is 29.8 Å². The zero-order chi connectivity index (χ0) is 17.5. The average Bonchev–Trinajstić information content (AvgIpc) is 2.65. The monoisotopic (exact) mass is 347 g/mol. The second kappa shape index (κ2) is 9.17. The molecular weight excluding hydrogens is 318 g/mol. The van der Waals surface area contributed by atoms with Gasteiger partial charge in [-0.25, -0.2) is 0 Å². The third-order valence-corrected chi connectivity index (χ3v) is 4.88. The Morgan fingerprint density at radius 2 is 1.64 bits per heavy atom. The summed E-state index contributed by atoms with van der Waals surface area (Å²) in [5.41, 5.74) is 1.25. The lowest BCUT2D eigenvalue weighted by atomic mass is 10.2. The largest absolute Gasteiger partial charge is 0.492 e. The van der Waals surface area contributed by atoms with Gasteiger partial charge in [-0.2, -0.15) is 0 Å². The van der Waals surface area contributed by atoms with Crippen LogP contribution in [0.15, 0.2) is 24.3 Å². The molecule has 0 bridgehead atoms. The highest BCUT2D eigenvalue weighted by Crippen LogP contribution is 2.11. The number of carbonyl (C=O) groups excluding carboxylic acids is 1. The number of rotatable bonds is 6. The van der Waals surface area contributed by atoms with Crippen molar-refractivity contribution in [2.75, 3.05) is 72.2 Å². The molecule has 6 heteroatoms. The summed E-state index contributed by atoms with van der Waals surface area (Å²) in [7, 11) is 0. The second-order valence-electron chi connectivity index (χ2n) is 6.77. The van der Waals surface area contributed by atoms with Crippen LogP contribution in [0.5, 0.6) is 5.75 Å². The minimum Gasteiger partial charge on any atom is -0.492 e. The summed E-state index contributed by atoms with van der Waals surface area (Å²) in [6.07, 6.45) is 0. The number of nitrogens with zero attached hydrogens (tertiary/aromatic N) is 3. The highest BCUT2D eigenvalue weighted by atomic mass is 16.5. The smallest absolute Gasteiger partial charge is 0.236 e. The van der Waals surface area contributed by atoms with Crippen LogP contribution >= 0.6 is 0 Å². The van der Waals surface area contributed by atoms with Crippen LogP contribution < -0.4 is 4.74 Å². The fourth-order valence-corrected chi connectivity index (χ4v) is 3.20. The molecule has 2 saturated heterocycles. The minimum atomic E-state index is 0.236. The molecule has 6 nitrogen and oxygen atoms in total. The molecule has 1 aromatic carbocycles. The van der Waals surface area contributed by atoms with E-state index in [1.165, 1.54) is 5.56 Å².